The van der Waals surface area contributed by atoms with Gasteiger partial charge in [0.05, 0.1) is 43.8 Å². The third kappa shape index (κ3) is 11.2. The molecule has 1 aromatic heterocycles. The van der Waals surface area contributed by atoms with Crippen LogP contribution < -0.4 is 11.2 Å². The lowest BCUT2D eigenvalue weighted by Gasteiger charge is -2.37. The SMILES string of the molecule is CC(=O)CCC(=O)OC[C@H]1O[C@@H](n2cc(COCCCCCCc3ccc4ccc5cccc6ccc3c4c56)c(=O)[nH]c2=O)C[C@@H]1OP(OCCC#N)N(C(C)C)C(C)C. The first kappa shape index (κ1) is 45.0. The number of rotatable bonds is 23. The van der Waals surface area contributed by atoms with Crippen LogP contribution in [-0.4, -0.2) is 70.1 Å². The highest BCUT2D eigenvalue weighted by atomic mass is 31.2. The van der Waals surface area contributed by atoms with Crippen molar-refractivity contribution in [2.45, 2.75) is 130 Å². The van der Waals surface area contributed by atoms with Crippen LogP contribution in [0.15, 0.2) is 70.4 Å². The second kappa shape index (κ2) is 21.3. The molecule has 60 heavy (non-hydrogen) atoms. The van der Waals surface area contributed by atoms with Crippen molar-refractivity contribution < 1.29 is 32.8 Å². The zero-order valence-electron chi connectivity index (χ0n) is 35.3. The normalized spacial score (nSPS) is 17.4. The topological polar surface area (TPSA) is 162 Å². The highest BCUT2D eigenvalue weighted by Gasteiger charge is 2.42. The quantitative estimate of drug-likeness (QED) is 0.0290. The second-order valence-corrected chi connectivity index (χ2v) is 17.5. The Bertz CT molecular complexity index is 2360. The number of aromatic amines is 1. The number of nitrogens with one attached hydrogen (secondary N) is 1. The molecule has 1 aliphatic rings. The number of carbonyl (C=O) groups excluding carboxylic acids is 2. The number of aryl methyl sites for hydroxylation is 1. The van der Waals surface area contributed by atoms with Crippen LogP contribution in [0.2, 0.25) is 0 Å². The van der Waals surface area contributed by atoms with E-state index in [4.69, 9.17) is 28.5 Å². The minimum atomic E-state index is -1.69. The summed E-state index contributed by atoms with van der Waals surface area (Å²) >= 11 is 0. The van der Waals surface area contributed by atoms with Gasteiger partial charge in [-0.25, -0.2) is 9.46 Å². The van der Waals surface area contributed by atoms with Gasteiger partial charge < -0.3 is 28.1 Å². The Labute approximate surface area is 352 Å². The molecule has 0 aliphatic carbocycles. The van der Waals surface area contributed by atoms with E-state index in [1.54, 1.807) is 0 Å². The number of hydrogen-bond acceptors (Lipinski definition) is 11. The number of unbranched alkanes of at least 4 members (excludes halogenated alkanes) is 3. The number of carbonyl (C=O) groups is 2. The molecule has 2 heterocycles. The summed E-state index contributed by atoms with van der Waals surface area (Å²) in [5.41, 5.74) is 0.446. The zero-order valence-corrected chi connectivity index (χ0v) is 36.2. The monoisotopic (exact) mass is 840 g/mol. The molecule has 1 saturated heterocycles. The van der Waals surface area contributed by atoms with E-state index < -0.39 is 44.2 Å². The van der Waals surface area contributed by atoms with Crippen LogP contribution in [0.1, 0.15) is 103 Å². The first-order valence-electron chi connectivity index (χ1n) is 21.1. The lowest BCUT2D eigenvalue weighted by molar-refractivity contribution is -0.150. The number of esters is 1. The molecule has 5 aromatic rings. The summed E-state index contributed by atoms with van der Waals surface area (Å²) in [6, 6.07) is 22.0. The van der Waals surface area contributed by atoms with Gasteiger partial charge in [0.1, 0.15) is 24.7 Å². The molecule has 0 bridgehead atoms. The third-order valence-electron chi connectivity index (χ3n) is 10.9. The fourth-order valence-corrected chi connectivity index (χ4v) is 9.74. The van der Waals surface area contributed by atoms with Crippen molar-refractivity contribution in [2.24, 2.45) is 0 Å². The van der Waals surface area contributed by atoms with Crippen LogP contribution in [0.3, 0.4) is 0 Å². The average Bonchev–Trinajstić information content (AvgIpc) is 3.61. The molecular weight excluding hydrogens is 783 g/mol. The van der Waals surface area contributed by atoms with E-state index in [1.165, 1.54) is 55.6 Å². The van der Waals surface area contributed by atoms with E-state index in [0.29, 0.717) is 6.61 Å². The molecule has 0 radical (unpaired) electrons. The first-order chi connectivity index (χ1) is 28.9. The summed E-state index contributed by atoms with van der Waals surface area (Å²) in [6.07, 6.45) is 4.36. The molecule has 1 aliphatic heterocycles. The first-order valence-corrected chi connectivity index (χ1v) is 22.2. The van der Waals surface area contributed by atoms with Gasteiger partial charge in [-0.15, -0.1) is 0 Å². The van der Waals surface area contributed by atoms with E-state index in [1.807, 2.05) is 27.7 Å². The largest absolute Gasteiger partial charge is 0.463 e. The zero-order chi connectivity index (χ0) is 42.8. The van der Waals surface area contributed by atoms with Gasteiger partial charge in [0, 0.05) is 37.7 Å². The van der Waals surface area contributed by atoms with Crippen LogP contribution in [-0.2, 0) is 45.9 Å². The molecule has 13 nitrogen and oxygen atoms in total. The number of benzene rings is 4. The van der Waals surface area contributed by atoms with Crippen molar-refractivity contribution >= 4 is 52.6 Å². The lowest BCUT2D eigenvalue weighted by Crippen LogP contribution is -2.36. The van der Waals surface area contributed by atoms with Crippen LogP contribution in [0, 0.1) is 11.3 Å². The molecule has 4 atom stereocenters. The standard InChI is InChI=1S/C46H57N4O9P/c1-30(2)50(31(3)4)60(57-25-11-23-47)59-39-26-41(58-40(39)29-56-42(52)22-15-32(5)51)49-27-37(45(53)48-46(49)54)28-55-24-9-7-6-8-12-33-16-17-36-19-18-34-13-10-14-35-20-21-38(33)44(36)43(34)35/h10,13-14,16-21,27,30-31,39-41H,6-9,11-12,15,22,24-26,28-29H2,1-5H3,(H,48,53,54)/t39-,40+,41+,60?/m0/s1. The Morgan fingerprint density at radius 2 is 1.62 bits per heavy atom. The molecule has 320 valence electrons. The predicted molar refractivity (Wildman–Crippen MR) is 233 cm³/mol. The molecular formula is C46H57N4O9P. The molecule has 0 spiro atoms. The van der Waals surface area contributed by atoms with Crippen molar-refractivity contribution in [1.29, 1.82) is 5.26 Å². The summed E-state index contributed by atoms with van der Waals surface area (Å²) in [7, 11) is -1.69. The molecule has 6 rings (SSSR count). The number of ketones is 1. The van der Waals surface area contributed by atoms with Crippen molar-refractivity contribution in [3.8, 4) is 6.07 Å². The third-order valence-corrected chi connectivity index (χ3v) is 13.0. The molecule has 1 N–H and O–H groups in total. The van der Waals surface area contributed by atoms with Gasteiger partial charge in [0.2, 0.25) is 0 Å². The van der Waals surface area contributed by atoms with E-state index in [9.17, 15) is 19.2 Å². The van der Waals surface area contributed by atoms with Gasteiger partial charge in [-0.05, 0) is 91.8 Å². The summed E-state index contributed by atoms with van der Waals surface area (Å²) in [4.78, 5) is 52.5. The smallest absolute Gasteiger partial charge is 0.330 e. The molecule has 14 heteroatoms. The van der Waals surface area contributed by atoms with Crippen molar-refractivity contribution in [1.82, 2.24) is 14.2 Å². The number of Topliss-reactive ketones (excluding diaryl/α,β-unsaturated/α-hetero) is 1. The number of aromatic nitrogens is 2. The van der Waals surface area contributed by atoms with Crippen molar-refractivity contribution in [3.63, 3.8) is 0 Å². The molecule has 0 saturated carbocycles. The van der Waals surface area contributed by atoms with E-state index in [-0.39, 0.29) is 68.9 Å². The molecule has 0 amide bonds. The van der Waals surface area contributed by atoms with Gasteiger partial charge >= 0.3 is 11.7 Å². The van der Waals surface area contributed by atoms with Gasteiger partial charge in [-0.3, -0.25) is 19.1 Å². The Kier molecular flexibility index (Phi) is 16.0. The van der Waals surface area contributed by atoms with Crippen LogP contribution in [0.4, 0.5) is 0 Å². The van der Waals surface area contributed by atoms with E-state index >= 15 is 0 Å². The fraction of sp³-hybridized carbons (Fsp3) is 0.500. The molecule has 1 unspecified atom stereocenters. The number of hydrogen-bond donors (Lipinski definition) is 1. The Hall–Kier alpha value is -4.54. The van der Waals surface area contributed by atoms with Gasteiger partial charge in [0.25, 0.3) is 14.1 Å². The maximum atomic E-state index is 13.2. The van der Waals surface area contributed by atoms with E-state index in [0.717, 1.165) is 32.1 Å². The maximum Gasteiger partial charge on any atom is 0.330 e. The maximum absolute atomic E-state index is 13.2. The van der Waals surface area contributed by atoms with Gasteiger partial charge in [-0.2, -0.15) is 5.26 Å². The Morgan fingerprint density at radius 1 is 0.917 bits per heavy atom. The summed E-state index contributed by atoms with van der Waals surface area (Å²) in [5.74, 6) is -0.684. The van der Waals surface area contributed by atoms with Gasteiger partial charge in [-0.1, -0.05) is 67.4 Å². The highest BCUT2D eigenvalue weighted by molar-refractivity contribution is 7.44. The number of H-pyrrole nitrogens is 1. The van der Waals surface area contributed by atoms with Crippen LogP contribution >= 0.6 is 8.53 Å². The number of ether oxygens (including phenoxy) is 3. The lowest BCUT2D eigenvalue weighted by atomic mass is 9.90. The van der Waals surface area contributed by atoms with Crippen LogP contribution in [0.5, 0.6) is 0 Å². The highest BCUT2D eigenvalue weighted by Crippen LogP contribution is 2.50. The summed E-state index contributed by atoms with van der Waals surface area (Å²) in [6.45, 7) is 9.94. The van der Waals surface area contributed by atoms with Crippen molar-refractivity contribution in [3.05, 3.63) is 92.8 Å². The second-order valence-electron chi connectivity index (χ2n) is 16.1. The summed E-state index contributed by atoms with van der Waals surface area (Å²) in [5, 5.41) is 17.0. The summed E-state index contributed by atoms with van der Waals surface area (Å²) < 4.78 is 33.9. The van der Waals surface area contributed by atoms with Gasteiger partial charge in [0.15, 0.2) is 0 Å². The molecule has 4 aromatic carbocycles. The van der Waals surface area contributed by atoms with Crippen molar-refractivity contribution in [2.75, 3.05) is 19.8 Å². The Balaban J connectivity index is 1.05. The molecule has 1 fully saturated rings. The minimum Gasteiger partial charge on any atom is -0.463 e. The minimum absolute atomic E-state index is 0.0119. The van der Waals surface area contributed by atoms with E-state index in [2.05, 4.69) is 70.3 Å². The van der Waals surface area contributed by atoms with Crippen LogP contribution in [0.25, 0.3) is 32.3 Å². The average molecular weight is 841 g/mol. The number of nitriles is 1. The Morgan fingerprint density at radius 3 is 2.33 bits per heavy atom. The number of nitrogens with zero attached hydrogens (tertiary/aromatic N) is 3. The predicted octanol–water partition coefficient (Wildman–Crippen LogP) is 8.61. The fourth-order valence-electron chi connectivity index (χ4n) is 7.98.